The Balaban J connectivity index is 1.30. The highest BCUT2D eigenvalue weighted by atomic mass is 16.5. The van der Waals surface area contributed by atoms with E-state index in [0.29, 0.717) is 29.7 Å². The predicted octanol–water partition coefficient (Wildman–Crippen LogP) is 4.90. The topological polar surface area (TPSA) is 96.1 Å². The summed E-state index contributed by atoms with van der Waals surface area (Å²) in [6.07, 6.45) is 8.63. The summed E-state index contributed by atoms with van der Waals surface area (Å²) in [5.74, 6) is 2.63. The Morgan fingerprint density at radius 2 is 1.95 bits per heavy atom. The standard InChI is InChI=1S/C33H37N7O2/c1-3-37-16-21(15-35-37)18-40-31-25(12-24(14-29(31)42-2)33(41)39-19-23-10-11-27(39)30(23)34)36-32(40)28-13-22-6-4-5-7-26(22)38(28)17-20-8-9-20/h4-7,12-16,20,23,27,30H,3,8-11,17-19,34H2,1-2H3/t23?,27?,30-/m1/s1. The van der Waals surface area contributed by atoms with Crippen molar-refractivity contribution in [3.8, 4) is 17.3 Å². The first-order chi connectivity index (χ1) is 20.5. The summed E-state index contributed by atoms with van der Waals surface area (Å²) in [6.45, 7) is 5.19. The van der Waals surface area contributed by atoms with Crippen LogP contribution in [0.15, 0.2) is 54.9 Å². The molecule has 42 heavy (non-hydrogen) atoms. The van der Waals surface area contributed by atoms with Crippen LogP contribution in [-0.2, 0) is 19.6 Å². The Morgan fingerprint density at radius 1 is 1.10 bits per heavy atom. The number of hydrogen-bond donors (Lipinski definition) is 1. The first-order valence-electron chi connectivity index (χ1n) is 15.3. The quantitative estimate of drug-likeness (QED) is 0.290. The molecule has 1 aliphatic heterocycles. The molecule has 3 atom stereocenters. The number of aryl methyl sites for hydroxylation is 1. The molecule has 1 saturated heterocycles. The minimum Gasteiger partial charge on any atom is -0.494 e. The van der Waals surface area contributed by atoms with E-state index in [-0.39, 0.29) is 18.0 Å². The summed E-state index contributed by atoms with van der Waals surface area (Å²) >= 11 is 0. The molecule has 2 aromatic carbocycles. The number of benzene rings is 2. The number of fused-ring (bicyclic) bond motifs is 4. The van der Waals surface area contributed by atoms with E-state index < -0.39 is 0 Å². The highest BCUT2D eigenvalue weighted by Gasteiger charge is 2.47. The number of para-hydroxylation sites is 1. The maximum absolute atomic E-state index is 13.8. The first-order valence-corrected chi connectivity index (χ1v) is 15.3. The van der Waals surface area contributed by atoms with Crippen LogP contribution >= 0.6 is 0 Å². The number of nitrogens with zero attached hydrogens (tertiary/aromatic N) is 6. The van der Waals surface area contributed by atoms with Crippen LogP contribution in [0.25, 0.3) is 33.5 Å². The Kier molecular flexibility index (Phi) is 5.93. The van der Waals surface area contributed by atoms with E-state index in [1.54, 1.807) is 7.11 Å². The largest absolute Gasteiger partial charge is 0.494 e. The minimum absolute atomic E-state index is 0.0148. The molecule has 1 amide bonds. The molecule has 3 fully saturated rings. The summed E-state index contributed by atoms with van der Waals surface area (Å²) in [6, 6.07) is 14.8. The van der Waals surface area contributed by atoms with Gasteiger partial charge in [-0.3, -0.25) is 9.48 Å². The van der Waals surface area contributed by atoms with Gasteiger partial charge in [0, 0.05) is 59.9 Å². The number of carbonyl (C=O) groups is 1. The van der Waals surface area contributed by atoms with Gasteiger partial charge in [-0.15, -0.1) is 0 Å². The van der Waals surface area contributed by atoms with E-state index in [2.05, 4.69) is 57.7 Å². The molecule has 2 saturated carbocycles. The summed E-state index contributed by atoms with van der Waals surface area (Å²) < 4.78 is 12.6. The molecule has 5 aromatic rings. The Hall–Kier alpha value is -4.11. The molecule has 0 radical (unpaired) electrons. The second-order valence-corrected chi connectivity index (χ2v) is 12.4. The van der Waals surface area contributed by atoms with Gasteiger partial charge in [-0.1, -0.05) is 18.2 Å². The number of carbonyl (C=O) groups excluding carboxylic acids is 1. The number of ether oxygens (including phenoxy) is 1. The monoisotopic (exact) mass is 563 g/mol. The molecule has 3 aliphatic rings. The van der Waals surface area contributed by atoms with Crippen molar-refractivity contribution in [2.45, 2.75) is 64.3 Å². The molecule has 9 heteroatoms. The van der Waals surface area contributed by atoms with Crippen LogP contribution in [0.4, 0.5) is 0 Å². The molecule has 2 N–H and O–H groups in total. The van der Waals surface area contributed by atoms with E-state index in [9.17, 15) is 4.79 Å². The summed E-state index contributed by atoms with van der Waals surface area (Å²) in [5, 5.41) is 5.74. The lowest BCUT2D eigenvalue weighted by atomic mass is 10.1. The lowest BCUT2D eigenvalue weighted by Crippen LogP contribution is -2.41. The summed E-state index contributed by atoms with van der Waals surface area (Å²) in [4.78, 5) is 21.1. The van der Waals surface area contributed by atoms with Gasteiger partial charge in [0.05, 0.1) is 31.1 Å². The van der Waals surface area contributed by atoms with E-state index in [1.165, 1.54) is 23.7 Å². The Labute approximate surface area is 244 Å². The number of hydrogen-bond acceptors (Lipinski definition) is 5. The van der Waals surface area contributed by atoms with Crippen LogP contribution < -0.4 is 10.5 Å². The van der Waals surface area contributed by atoms with Crippen molar-refractivity contribution in [1.29, 1.82) is 0 Å². The van der Waals surface area contributed by atoms with Gasteiger partial charge in [0.15, 0.2) is 5.82 Å². The minimum atomic E-state index is 0.0148. The van der Waals surface area contributed by atoms with Crippen molar-refractivity contribution in [2.75, 3.05) is 13.7 Å². The number of likely N-dealkylation sites (tertiary alicyclic amines) is 1. The number of amides is 1. The third-order valence-corrected chi connectivity index (χ3v) is 9.72. The molecule has 4 heterocycles. The highest BCUT2D eigenvalue weighted by Crippen LogP contribution is 2.40. The summed E-state index contributed by atoms with van der Waals surface area (Å²) in [7, 11) is 1.67. The molecular weight excluding hydrogens is 526 g/mol. The fourth-order valence-electron chi connectivity index (χ4n) is 7.30. The molecule has 2 unspecified atom stereocenters. The van der Waals surface area contributed by atoms with Crippen LogP contribution in [0.3, 0.4) is 0 Å². The zero-order chi connectivity index (χ0) is 28.5. The van der Waals surface area contributed by atoms with Gasteiger partial charge in [0.1, 0.15) is 11.3 Å². The van der Waals surface area contributed by atoms with Crippen LogP contribution in [-0.4, -0.2) is 60.4 Å². The SMILES string of the molecule is CCn1cc(Cn2c(-c3cc4ccccc4n3CC3CC3)nc3cc(C(=O)N4CC5CCC4[C@@H]5N)cc(OC)c32)cn1. The van der Waals surface area contributed by atoms with Crippen molar-refractivity contribution in [3.05, 3.63) is 66.0 Å². The highest BCUT2D eigenvalue weighted by molar-refractivity contribution is 6.00. The van der Waals surface area contributed by atoms with E-state index in [4.69, 9.17) is 15.5 Å². The molecule has 9 nitrogen and oxygen atoms in total. The third-order valence-electron chi connectivity index (χ3n) is 9.72. The third kappa shape index (κ3) is 4.05. The van der Waals surface area contributed by atoms with E-state index in [1.807, 2.05) is 27.9 Å². The Morgan fingerprint density at radius 3 is 2.67 bits per heavy atom. The number of piperidine rings is 1. The van der Waals surface area contributed by atoms with Gasteiger partial charge in [-0.25, -0.2) is 4.98 Å². The number of imidazole rings is 1. The molecule has 2 bridgehead atoms. The van der Waals surface area contributed by atoms with Crippen LogP contribution in [0.2, 0.25) is 0 Å². The fourth-order valence-corrected chi connectivity index (χ4v) is 7.30. The van der Waals surface area contributed by atoms with Gasteiger partial charge in [0.2, 0.25) is 0 Å². The van der Waals surface area contributed by atoms with Crippen LogP contribution in [0, 0.1) is 11.8 Å². The molecule has 0 spiro atoms. The molecule has 8 rings (SSSR count). The zero-order valence-electron chi connectivity index (χ0n) is 24.2. The van der Waals surface area contributed by atoms with Crippen molar-refractivity contribution >= 4 is 27.8 Å². The molecular formula is C33H37N7O2. The predicted molar refractivity (Wildman–Crippen MR) is 162 cm³/mol. The average molecular weight is 564 g/mol. The number of methoxy groups -OCH3 is 1. The number of nitrogens with two attached hydrogens (primary N) is 1. The smallest absolute Gasteiger partial charge is 0.254 e. The Bertz CT molecular complexity index is 1830. The molecule has 3 aromatic heterocycles. The van der Waals surface area contributed by atoms with E-state index in [0.717, 1.165) is 60.6 Å². The zero-order valence-corrected chi connectivity index (χ0v) is 24.2. The van der Waals surface area contributed by atoms with Crippen molar-refractivity contribution in [3.63, 3.8) is 0 Å². The number of rotatable bonds is 8. The van der Waals surface area contributed by atoms with Gasteiger partial charge < -0.3 is 24.5 Å². The fraction of sp³-hybridized carbons (Fsp3) is 0.424. The summed E-state index contributed by atoms with van der Waals surface area (Å²) in [5.41, 5.74) is 12.1. The van der Waals surface area contributed by atoms with Crippen LogP contribution in [0.5, 0.6) is 5.75 Å². The number of aromatic nitrogens is 5. The van der Waals surface area contributed by atoms with Gasteiger partial charge in [0.25, 0.3) is 5.91 Å². The lowest BCUT2D eigenvalue weighted by Gasteiger charge is -2.27. The maximum atomic E-state index is 13.8. The molecule has 216 valence electrons. The maximum Gasteiger partial charge on any atom is 0.254 e. The average Bonchev–Trinajstić information content (AvgIpc) is 3.32. The van der Waals surface area contributed by atoms with Gasteiger partial charge >= 0.3 is 0 Å². The van der Waals surface area contributed by atoms with Gasteiger partial charge in [-0.05, 0) is 68.7 Å². The normalized spacial score (nSPS) is 21.7. The van der Waals surface area contributed by atoms with Crippen molar-refractivity contribution < 1.29 is 9.53 Å². The molecule has 2 aliphatic carbocycles. The van der Waals surface area contributed by atoms with Crippen LogP contribution in [0.1, 0.15) is 48.5 Å². The second-order valence-electron chi connectivity index (χ2n) is 12.4. The van der Waals surface area contributed by atoms with Crippen molar-refractivity contribution in [2.24, 2.45) is 17.6 Å². The van der Waals surface area contributed by atoms with Crippen molar-refractivity contribution in [1.82, 2.24) is 28.8 Å². The van der Waals surface area contributed by atoms with E-state index >= 15 is 0 Å². The second kappa shape index (κ2) is 9.73. The van der Waals surface area contributed by atoms with Gasteiger partial charge in [-0.2, -0.15) is 5.10 Å². The lowest BCUT2D eigenvalue weighted by molar-refractivity contribution is 0.0700. The first kappa shape index (κ1) is 25.6.